The summed E-state index contributed by atoms with van der Waals surface area (Å²) in [5, 5.41) is 1.64. The van der Waals surface area contributed by atoms with Crippen LogP contribution in [0.4, 0.5) is 8.78 Å². The molecule has 0 spiro atoms. The summed E-state index contributed by atoms with van der Waals surface area (Å²) in [5.41, 5.74) is 1.25. The van der Waals surface area contributed by atoms with E-state index in [-0.39, 0.29) is 11.3 Å². The van der Waals surface area contributed by atoms with E-state index in [0.717, 1.165) is 5.56 Å². The SMILES string of the molecule is COc1ccc(Oc2c(Cl)c(F)nc(F)c2Cl)cc1C(=O)NCCc1ccccc1. The highest BCUT2D eigenvalue weighted by Crippen LogP contribution is 2.39. The molecule has 0 atom stereocenters. The number of hydrogen-bond donors (Lipinski definition) is 1. The van der Waals surface area contributed by atoms with Crippen LogP contribution >= 0.6 is 23.2 Å². The summed E-state index contributed by atoms with van der Waals surface area (Å²) in [6.45, 7) is 0.398. The van der Waals surface area contributed by atoms with Gasteiger partial charge in [0.25, 0.3) is 5.91 Å². The molecule has 0 aliphatic heterocycles. The Morgan fingerprint density at radius 1 is 1.07 bits per heavy atom. The van der Waals surface area contributed by atoms with E-state index >= 15 is 0 Å². The molecule has 156 valence electrons. The van der Waals surface area contributed by atoms with Crippen LogP contribution in [0.3, 0.4) is 0 Å². The molecule has 1 N–H and O–H groups in total. The molecule has 0 fully saturated rings. The van der Waals surface area contributed by atoms with Crippen LogP contribution in [0.15, 0.2) is 48.5 Å². The first-order chi connectivity index (χ1) is 14.4. The highest BCUT2D eigenvalue weighted by Gasteiger charge is 2.21. The lowest BCUT2D eigenvalue weighted by molar-refractivity contribution is 0.0950. The maximum Gasteiger partial charge on any atom is 0.255 e. The number of carbonyl (C=O) groups is 1. The van der Waals surface area contributed by atoms with E-state index in [0.29, 0.717) is 18.7 Å². The molecule has 2 aromatic carbocycles. The Bertz CT molecular complexity index is 1040. The second kappa shape index (κ2) is 9.73. The van der Waals surface area contributed by atoms with Crippen LogP contribution in [-0.2, 0) is 6.42 Å². The van der Waals surface area contributed by atoms with Gasteiger partial charge in [0, 0.05) is 6.54 Å². The Labute approximate surface area is 181 Å². The molecule has 1 amide bonds. The minimum atomic E-state index is -1.26. The number of halogens is 4. The molecule has 9 heteroatoms. The first-order valence-electron chi connectivity index (χ1n) is 8.78. The van der Waals surface area contributed by atoms with Gasteiger partial charge in [-0.1, -0.05) is 53.5 Å². The van der Waals surface area contributed by atoms with Gasteiger partial charge in [-0.15, -0.1) is 0 Å². The van der Waals surface area contributed by atoms with Crippen molar-refractivity contribution >= 4 is 29.1 Å². The van der Waals surface area contributed by atoms with Gasteiger partial charge in [0.15, 0.2) is 5.75 Å². The molecule has 0 saturated carbocycles. The summed E-state index contributed by atoms with van der Waals surface area (Å²) < 4.78 is 37.9. The van der Waals surface area contributed by atoms with E-state index in [4.69, 9.17) is 32.7 Å². The van der Waals surface area contributed by atoms with Crippen molar-refractivity contribution in [3.8, 4) is 17.2 Å². The molecule has 0 radical (unpaired) electrons. The smallest absolute Gasteiger partial charge is 0.255 e. The first-order valence-corrected chi connectivity index (χ1v) is 9.54. The van der Waals surface area contributed by atoms with E-state index < -0.39 is 33.6 Å². The van der Waals surface area contributed by atoms with E-state index in [2.05, 4.69) is 10.3 Å². The van der Waals surface area contributed by atoms with Gasteiger partial charge in [-0.2, -0.15) is 13.8 Å². The van der Waals surface area contributed by atoms with Crippen molar-refractivity contribution in [3.05, 3.63) is 81.6 Å². The Hall–Kier alpha value is -2.90. The Kier molecular flexibility index (Phi) is 7.07. The minimum absolute atomic E-state index is 0.0813. The van der Waals surface area contributed by atoms with E-state index in [9.17, 15) is 13.6 Å². The molecule has 3 rings (SSSR count). The molecule has 0 aliphatic rings. The van der Waals surface area contributed by atoms with Crippen molar-refractivity contribution in [2.24, 2.45) is 0 Å². The summed E-state index contributed by atoms with van der Waals surface area (Å²) in [4.78, 5) is 15.6. The minimum Gasteiger partial charge on any atom is -0.496 e. The van der Waals surface area contributed by atoms with Crippen molar-refractivity contribution in [2.75, 3.05) is 13.7 Å². The van der Waals surface area contributed by atoms with Gasteiger partial charge in [0.1, 0.15) is 21.5 Å². The Morgan fingerprint density at radius 3 is 2.37 bits per heavy atom. The molecular formula is C21H16Cl2F2N2O3. The summed E-state index contributed by atoms with van der Waals surface area (Å²) in [5.74, 6) is -3.00. The number of methoxy groups -OCH3 is 1. The topological polar surface area (TPSA) is 60.5 Å². The first kappa shape index (κ1) is 21.8. The molecule has 5 nitrogen and oxygen atoms in total. The van der Waals surface area contributed by atoms with Gasteiger partial charge < -0.3 is 14.8 Å². The number of rotatable bonds is 7. The molecule has 1 aromatic heterocycles. The number of aromatic nitrogens is 1. The zero-order valence-electron chi connectivity index (χ0n) is 15.7. The van der Waals surface area contributed by atoms with Gasteiger partial charge in [-0.25, -0.2) is 0 Å². The van der Waals surface area contributed by atoms with Crippen molar-refractivity contribution in [1.29, 1.82) is 0 Å². The van der Waals surface area contributed by atoms with Crippen LogP contribution in [0, 0.1) is 11.9 Å². The summed E-state index contributed by atoms with van der Waals surface area (Å²) >= 11 is 11.6. The molecular weight excluding hydrogens is 437 g/mol. The zero-order chi connectivity index (χ0) is 21.7. The normalized spacial score (nSPS) is 10.6. The van der Waals surface area contributed by atoms with Crippen molar-refractivity contribution in [3.63, 3.8) is 0 Å². The molecule has 3 aromatic rings. The third-order valence-corrected chi connectivity index (χ3v) is 4.79. The van der Waals surface area contributed by atoms with Gasteiger partial charge in [0.2, 0.25) is 11.9 Å². The standard InChI is InChI=1S/C21H16Cl2F2N2O3/c1-29-15-8-7-13(30-18-16(22)19(24)27-20(25)17(18)23)11-14(15)21(28)26-10-9-12-5-3-2-4-6-12/h2-8,11H,9-10H2,1H3,(H,26,28). The van der Waals surface area contributed by atoms with Gasteiger partial charge in [0.05, 0.1) is 12.7 Å². The maximum absolute atomic E-state index is 13.6. The van der Waals surface area contributed by atoms with Crippen LogP contribution < -0.4 is 14.8 Å². The number of amides is 1. The molecule has 30 heavy (non-hydrogen) atoms. The van der Waals surface area contributed by atoms with Crippen LogP contribution in [0.5, 0.6) is 17.2 Å². The van der Waals surface area contributed by atoms with Gasteiger partial charge >= 0.3 is 0 Å². The van der Waals surface area contributed by atoms with Gasteiger partial charge in [-0.3, -0.25) is 4.79 Å². The lowest BCUT2D eigenvalue weighted by atomic mass is 10.1. The van der Waals surface area contributed by atoms with Gasteiger partial charge in [-0.05, 0) is 30.2 Å². The van der Waals surface area contributed by atoms with E-state index in [1.54, 1.807) is 0 Å². The average molecular weight is 453 g/mol. The fourth-order valence-electron chi connectivity index (χ4n) is 2.66. The number of nitrogens with zero attached hydrogens (tertiary/aromatic N) is 1. The summed E-state index contributed by atoms with van der Waals surface area (Å²) in [6.07, 6.45) is 0.645. The lowest BCUT2D eigenvalue weighted by Crippen LogP contribution is -2.26. The number of hydrogen-bond acceptors (Lipinski definition) is 4. The second-order valence-electron chi connectivity index (χ2n) is 6.11. The fraction of sp³-hybridized carbons (Fsp3) is 0.143. The number of ether oxygens (including phenoxy) is 2. The zero-order valence-corrected chi connectivity index (χ0v) is 17.2. The van der Waals surface area contributed by atoms with Crippen molar-refractivity contribution in [2.45, 2.75) is 6.42 Å². The summed E-state index contributed by atoms with van der Waals surface area (Å²) in [6, 6.07) is 14.0. The van der Waals surface area contributed by atoms with Crippen molar-refractivity contribution in [1.82, 2.24) is 10.3 Å². The monoisotopic (exact) mass is 452 g/mol. The number of pyridine rings is 1. The van der Waals surface area contributed by atoms with Crippen LogP contribution in [0.25, 0.3) is 0 Å². The fourth-order valence-corrected chi connectivity index (χ4v) is 3.06. The number of carbonyl (C=O) groups excluding carboxylic acids is 1. The predicted molar refractivity (Wildman–Crippen MR) is 110 cm³/mol. The third-order valence-electron chi connectivity index (χ3n) is 4.13. The van der Waals surface area contributed by atoms with E-state index in [1.807, 2.05) is 30.3 Å². The Balaban J connectivity index is 1.79. The largest absolute Gasteiger partial charge is 0.496 e. The van der Waals surface area contributed by atoms with Crippen LogP contribution in [0.2, 0.25) is 10.0 Å². The number of nitrogens with one attached hydrogen (secondary N) is 1. The van der Waals surface area contributed by atoms with Crippen molar-refractivity contribution < 1.29 is 23.0 Å². The molecule has 1 heterocycles. The predicted octanol–water partition coefficient (Wildman–Crippen LogP) is 5.44. The molecule has 0 saturated heterocycles. The average Bonchev–Trinajstić information content (AvgIpc) is 2.76. The van der Waals surface area contributed by atoms with E-state index in [1.165, 1.54) is 25.3 Å². The molecule has 0 unspecified atom stereocenters. The highest BCUT2D eigenvalue weighted by atomic mass is 35.5. The quantitative estimate of drug-likeness (QED) is 0.484. The molecule has 0 aliphatic carbocycles. The summed E-state index contributed by atoms with van der Waals surface area (Å²) in [7, 11) is 1.41. The maximum atomic E-state index is 13.6. The number of benzene rings is 2. The van der Waals surface area contributed by atoms with Crippen LogP contribution in [0.1, 0.15) is 15.9 Å². The lowest BCUT2D eigenvalue weighted by Gasteiger charge is -2.13. The molecule has 0 bridgehead atoms. The third kappa shape index (κ3) is 4.98. The Morgan fingerprint density at radius 2 is 1.73 bits per heavy atom. The highest BCUT2D eigenvalue weighted by molar-refractivity contribution is 6.37. The second-order valence-corrected chi connectivity index (χ2v) is 6.86. The van der Waals surface area contributed by atoms with Crippen LogP contribution in [-0.4, -0.2) is 24.5 Å².